The molecule has 0 aromatic carbocycles. The molecule has 3 atom stereocenters. The second-order valence-corrected chi connectivity index (χ2v) is 7.75. The molecule has 2 aliphatic rings. The lowest BCUT2D eigenvalue weighted by Crippen LogP contribution is -2.43. The molecule has 7 nitrogen and oxygen atoms in total. The fraction of sp³-hybridized carbons (Fsp3) is 0.800. The van der Waals surface area contributed by atoms with Crippen molar-refractivity contribution in [1.82, 2.24) is 4.90 Å². The number of hydrogen-bond donors (Lipinski definition) is 1. The zero-order valence-corrected chi connectivity index (χ0v) is 15.1. The summed E-state index contributed by atoms with van der Waals surface area (Å²) in [5, 5.41) is 10.6. The van der Waals surface area contributed by atoms with Crippen LogP contribution in [0.5, 0.6) is 0 Å². The highest BCUT2D eigenvalue weighted by atomic mass is 32.2. The van der Waals surface area contributed by atoms with Gasteiger partial charge in [-0.2, -0.15) is 0 Å². The molecule has 0 aromatic rings. The second-order valence-electron chi connectivity index (χ2n) is 6.76. The van der Waals surface area contributed by atoms with Gasteiger partial charge in [0.1, 0.15) is 11.8 Å². The van der Waals surface area contributed by atoms with E-state index in [1.54, 1.807) is 27.7 Å². The zero-order chi connectivity index (χ0) is 18.1. The van der Waals surface area contributed by atoms with Crippen LogP contribution >= 0.6 is 11.8 Å². The van der Waals surface area contributed by atoms with Gasteiger partial charge in [-0.05, 0) is 27.7 Å². The highest BCUT2D eigenvalue weighted by Crippen LogP contribution is 2.34. The molecule has 1 saturated heterocycles. The molecule has 1 N–H and O–H groups in total. The Morgan fingerprint density at radius 2 is 2.17 bits per heavy atom. The summed E-state index contributed by atoms with van der Waals surface area (Å²) in [6.07, 6.45) is -1.78. The number of rotatable bonds is 3. The van der Waals surface area contributed by atoms with Crippen LogP contribution < -0.4 is 0 Å². The molecule has 24 heavy (non-hydrogen) atoms. The molecule has 2 heterocycles. The molecule has 1 amide bonds. The number of amides is 1. The van der Waals surface area contributed by atoms with Crippen LogP contribution in [0.4, 0.5) is 9.18 Å². The summed E-state index contributed by atoms with van der Waals surface area (Å²) >= 11 is 1.12. The van der Waals surface area contributed by atoms with E-state index < -0.39 is 35.6 Å². The third kappa shape index (κ3) is 4.18. The molecule has 136 valence electrons. The Morgan fingerprint density at radius 3 is 2.75 bits per heavy atom. The number of aliphatic imine (C=N–C) groups is 1. The maximum absolute atomic E-state index is 13.9. The van der Waals surface area contributed by atoms with E-state index in [1.165, 1.54) is 4.90 Å². The first-order chi connectivity index (χ1) is 11.1. The van der Waals surface area contributed by atoms with E-state index >= 15 is 0 Å². The molecular formula is C15H23FN2O5S. The number of esters is 1. The van der Waals surface area contributed by atoms with Gasteiger partial charge in [0.15, 0.2) is 0 Å². The maximum Gasteiger partial charge on any atom is 0.410 e. The van der Waals surface area contributed by atoms with Crippen molar-refractivity contribution in [2.24, 2.45) is 4.99 Å². The fourth-order valence-electron chi connectivity index (χ4n) is 2.48. The first-order valence-corrected chi connectivity index (χ1v) is 8.80. The number of aliphatic hydroxyl groups is 1. The molecule has 0 aromatic heterocycles. The number of thioether (sulfide) groups is 1. The van der Waals surface area contributed by atoms with Crippen molar-refractivity contribution < 1.29 is 28.6 Å². The molecule has 0 aliphatic carbocycles. The first kappa shape index (κ1) is 19.0. The Kier molecular flexibility index (Phi) is 5.44. The van der Waals surface area contributed by atoms with Crippen molar-refractivity contribution in [3.63, 3.8) is 0 Å². The van der Waals surface area contributed by atoms with E-state index in [0.29, 0.717) is 5.04 Å². The van der Waals surface area contributed by atoms with E-state index in [-0.39, 0.29) is 25.3 Å². The van der Waals surface area contributed by atoms with Gasteiger partial charge in [0, 0.05) is 6.42 Å². The Bertz CT molecular complexity index is 550. The normalized spacial score (nSPS) is 30.2. The van der Waals surface area contributed by atoms with Crippen LogP contribution in [0.15, 0.2) is 4.99 Å². The molecule has 1 fully saturated rings. The van der Waals surface area contributed by atoms with Crippen LogP contribution in [0.25, 0.3) is 0 Å². The average molecular weight is 362 g/mol. The summed E-state index contributed by atoms with van der Waals surface area (Å²) < 4.78 is 24.0. The summed E-state index contributed by atoms with van der Waals surface area (Å²) in [6, 6.07) is -0.650. The zero-order valence-electron chi connectivity index (χ0n) is 14.2. The molecule has 1 unspecified atom stereocenters. The number of halogens is 1. The highest BCUT2D eigenvalue weighted by Gasteiger charge is 2.48. The van der Waals surface area contributed by atoms with Gasteiger partial charge in [-0.3, -0.25) is 4.90 Å². The number of nitrogens with zero attached hydrogens (tertiary/aromatic N) is 2. The summed E-state index contributed by atoms with van der Waals surface area (Å²) in [5.41, 5.74) is -2.68. The standard InChI is InChI=1S/C15H23FN2O5S/c1-5-22-12(19)15(21)8-24-11(17-15)10-6-9(16)7-18(10)13(20)23-14(2,3)4/h9-10,21H,5-8H2,1-4H3/t9-,10+,15?/m1/s1. The monoisotopic (exact) mass is 362 g/mol. The van der Waals surface area contributed by atoms with Gasteiger partial charge in [0.05, 0.1) is 30.0 Å². The molecular weight excluding hydrogens is 339 g/mol. The van der Waals surface area contributed by atoms with Gasteiger partial charge < -0.3 is 14.6 Å². The van der Waals surface area contributed by atoms with E-state index in [2.05, 4.69) is 4.99 Å². The first-order valence-electron chi connectivity index (χ1n) is 7.81. The Morgan fingerprint density at radius 1 is 1.50 bits per heavy atom. The average Bonchev–Trinajstić information content (AvgIpc) is 3.01. The minimum atomic E-state index is -1.98. The lowest BCUT2D eigenvalue weighted by Gasteiger charge is -2.28. The lowest BCUT2D eigenvalue weighted by molar-refractivity contribution is -0.161. The third-order valence-electron chi connectivity index (χ3n) is 3.48. The summed E-state index contributed by atoms with van der Waals surface area (Å²) in [7, 11) is 0. The molecule has 2 rings (SSSR count). The molecule has 0 saturated carbocycles. The van der Waals surface area contributed by atoms with Crippen LogP contribution in [0.3, 0.4) is 0 Å². The van der Waals surface area contributed by atoms with E-state index in [0.717, 1.165) is 11.8 Å². The van der Waals surface area contributed by atoms with Crippen molar-refractivity contribution in [2.75, 3.05) is 18.9 Å². The maximum atomic E-state index is 13.9. The predicted molar refractivity (Wildman–Crippen MR) is 87.7 cm³/mol. The number of likely N-dealkylation sites (tertiary alicyclic amines) is 1. The molecule has 0 spiro atoms. The van der Waals surface area contributed by atoms with E-state index in [1.807, 2.05) is 0 Å². The number of alkyl halides is 1. The smallest absolute Gasteiger partial charge is 0.410 e. The predicted octanol–water partition coefficient (Wildman–Crippen LogP) is 1.73. The summed E-state index contributed by atoms with van der Waals surface area (Å²) in [4.78, 5) is 29.4. The van der Waals surface area contributed by atoms with Crippen LogP contribution in [0.1, 0.15) is 34.1 Å². The topological polar surface area (TPSA) is 88.4 Å². The second kappa shape index (κ2) is 6.87. The highest BCUT2D eigenvalue weighted by molar-refractivity contribution is 8.14. The Labute approximate surface area is 144 Å². The Balaban J connectivity index is 2.17. The van der Waals surface area contributed by atoms with Crippen molar-refractivity contribution in [3.8, 4) is 0 Å². The fourth-order valence-corrected chi connectivity index (χ4v) is 3.65. The number of carbonyl (C=O) groups excluding carboxylic acids is 2. The van der Waals surface area contributed by atoms with Gasteiger partial charge in [0.25, 0.3) is 5.72 Å². The van der Waals surface area contributed by atoms with Crippen LogP contribution in [-0.4, -0.2) is 69.6 Å². The van der Waals surface area contributed by atoms with Crippen LogP contribution in [-0.2, 0) is 14.3 Å². The molecule has 0 radical (unpaired) electrons. The lowest BCUT2D eigenvalue weighted by atomic mass is 10.2. The summed E-state index contributed by atoms with van der Waals surface area (Å²) in [6.45, 7) is 6.83. The molecule has 2 aliphatic heterocycles. The van der Waals surface area contributed by atoms with Crippen molar-refractivity contribution in [3.05, 3.63) is 0 Å². The van der Waals surface area contributed by atoms with E-state index in [4.69, 9.17) is 9.47 Å². The van der Waals surface area contributed by atoms with Crippen LogP contribution in [0.2, 0.25) is 0 Å². The van der Waals surface area contributed by atoms with Crippen molar-refractivity contribution >= 4 is 28.9 Å². The quantitative estimate of drug-likeness (QED) is 0.769. The van der Waals surface area contributed by atoms with Gasteiger partial charge in [-0.1, -0.05) is 0 Å². The van der Waals surface area contributed by atoms with E-state index in [9.17, 15) is 19.1 Å². The van der Waals surface area contributed by atoms with Gasteiger partial charge >= 0.3 is 12.1 Å². The van der Waals surface area contributed by atoms with Gasteiger partial charge in [-0.15, -0.1) is 11.8 Å². The SMILES string of the molecule is CCOC(=O)C1(O)CSC([C@@H]2C[C@@H](F)CN2C(=O)OC(C)(C)C)=N1. The van der Waals surface area contributed by atoms with Crippen molar-refractivity contribution in [1.29, 1.82) is 0 Å². The van der Waals surface area contributed by atoms with Gasteiger partial charge in [0.2, 0.25) is 0 Å². The molecule has 0 bridgehead atoms. The van der Waals surface area contributed by atoms with Gasteiger partial charge in [-0.25, -0.2) is 19.0 Å². The third-order valence-corrected chi connectivity index (χ3v) is 4.69. The number of carbonyl (C=O) groups is 2. The minimum Gasteiger partial charge on any atom is -0.462 e. The molecule has 9 heteroatoms. The number of hydrogen-bond acceptors (Lipinski definition) is 7. The van der Waals surface area contributed by atoms with Crippen molar-refractivity contribution in [2.45, 2.75) is 57.7 Å². The summed E-state index contributed by atoms with van der Waals surface area (Å²) in [5.74, 6) is -0.859. The largest absolute Gasteiger partial charge is 0.462 e. The van der Waals surface area contributed by atoms with Crippen LogP contribution in [0, 0.1) is 0 Å². The minimum absolute atomic E-state index is 0.0171. The Hall–Kier alpha value is -1.35. The number of ether oxygens (including phenoxy) is 2.